The number of piperidine rings is 1. The first-order valence-corrected chi connectivity index (χ1v) is 11.0. The summed E-state index contributed by atoms with van der Waals surface area (Å²) < 4.78 is 29.1. The maximum absolute atomic E-state index is 12.7. The van der Waals surface area contributed by atoms with Crippen molar-refractivity contribution in [3.05, 3.63) is 48.8 Å². The molecule has 0 bridgehead atoms. The minimum Gasteiger partial charge on any atom is -0.306 e. The first kappa shape index (κ1) is 18.4. The fourth-order valence-corrected chi connectivity index (χ4v) is 5.16. The molecule has 2 aromatic rings. The van der Waals surface area contributed by atoms with Gasteiger partial charge in [0.1, 0.15) is 0 Å². The summed E-state index contributed by atoms with van der Waals surface area (Å²) in [6.45, 7) is 3.19. The number of aromatic nitrogens is 2. The van der Waals surface area contributed by atoms with Crippen molar-refractivity contribution in [3.8, 4) is 11.1 Å². The van der Waals surface area contributed by atoms with Gasteiger partial charge in [0.05, 0.1) is 17.1 Å². The molecule has 27 heavy (non-hydrogen) atoms. The number of hydrogen-bond donors (Lipinski definition) is 0. The summed E-state index contributed by atoms with van der Waals surface area (Å²) >= 11 is 0. The second-order valence-corrected chi connectivity index (χ2v) is 9.33. The van der Waals surface area contributed by atoms with E-state index in [0.29, 0.717) is 24.0 Å². The van der Waals surface area contributed by atoms with E-state index in [4.69, 9.17) is 0 Å². The Morgan fingerprint density at radius 3 is 2.41 bits per heavy atom. The molecule has 0 radical (unpaired) electrons. The Bertz CT molecular complexity index is 910. The molecule has 0 amide bonds. The lowest BCUT2D eigenvalue weighted by molar-refractivity contribution is 0.212. The molecule has 0 spiro atoms. The Hall–Kier alpha value is -1.96. The van der Waals surface area contributed by atoms with Gasteiger partial charge in [-0.1, -0.05) is 24.3 Å². The van der Waals surface area contributed by atoms with E-state index < -0.39 is 10.0 Å². The number of sulfonamides is 1. The van der Waals surface area contributed by atoms with Crippen LogP contribution in [0.4, 0.5) is 0 Å². The second-order valence-electron chi connectivity index (χ2n) is 7.39. The molecule has 6 nitrogen and oxygen atoms in total. The zero-order chi connectivity index (χ0) is 18.9. The van der Waals surface area contributed by atoms with Gasteiger partial charge in [0.15, 0.2) is 0 Å². The largest absolute Gasteiger partial charge is 0.306 e. The van der Waals surface area contributed by atoms with Gasteiger partial charge in [-0.15, -0.1) is 0 Å². The maximum Gasteiger partial charge on any atom is 0.243 e. The van der Waals surface area contributed by atoms with Crippen molar-refractivity contribution in [1.29, 1.82) is 0 Å². The monoisotopic (exact) mass is 386 g/mol. The van der Waals surface area contributed by atoms with Crippen LogP contribution in [0.3, 0.4) is 0 Å². The van der Waals surface area contributed by atoms with Gasteiger partial charge < -0.3 is 4.90 Å². The van der Waals surface area contributed by atoms with E-state index in [2.05, 4.69) is 27.9 Å². The molecule has 2 aliphatic heterocycles. The van der Waals surface area contributed by atoms with Crippen molar-refractivity contribution in [2.24, 2.45) is 0 Å². The topological polar surface area (TPSA) is 58.4 Å². The Kier molecular flexibility index (Phi) is 5.16. The van der Waals surface area contributed by atoms with Crippen molar-refractivity contribution in [1.82, 2.24) is 19.0 Å². The van der Waals surface area contributed by atoms with Crippen LogP contribution in [0.15, 0.2) is 53.7 Å². The van der Waals surface area contributed by atoms with Crippen LogP contribution in [-0.4, -0.2) is 60.6 Å². The number of hydrogen-bond acceptors (Lipinski definition) is 4. The van der Waals surface area contributed by atoms with Crippen molar-refractivity contribution < 1.29 is 8.42 Å². The van der Waals surface area contributed by atoms with Crippen LogP contribution in [-0.2, 0) is 10.0 Å². The van der Waals surface area contributed by atoms with Crippen LogP contribution in [0.1, 0.15) is 25.3 Å². The van der Waals surface area contributed by atoms with E-state index in [9.17, 15) is 8.42 Å². The van der Waals surface area contributed by atoms with Crippen molar-refractivity contribution in [3.63, 3.8) is 0 Å². The first-order chi connectivity index (χ1) is 13.0. The van der Waals surface area contributed by atoms with Crippen molar-refractivity contribution in [2.45, 2.75) is 30.2 Å². The van der Waals surface area contributed by atoms with Gasteiger partial charge in [-0.2, -0.15) is 9.40 Å². The first-order valence-electron chi connectivity index (χ1n) is 9.52. The van der Waals surface area contributed by atoms with Crippen LogP contribution >= 0.6 is 0 Å². The minimum absolute atomic E-state index is 0.351. The zero-order valence-electron chi connectivity index (χ0n) is 15.7. The lowest BCUT2D eigenvalue weighted by atomic mass is 10.1. The molecule has 0 aliphatic carbocycles. The Balaban J connectivity index is 1.50. The summed E-state index contributed by atoms with van der Waals surface area (Å²) in [6.07, 6.45) is 10.9. The molecule has 7 heteroatoms. The predicted octanol–water partition coefficient (Wildman–Crippen LogP) is 2.77. The van der Waals surface area contributed by atoms with Crippen molar-refractivity contribution in [2.75, 3.05) is 33.2 Å². The van der Waals surface area contributed by atoms with Crippen LogP contribution in [0.25, 0.3) is 11.1 Å². The Morgan fingerprint density at radius 2 is 1.74 bits per heavy atom. The average Bonchev–Trinajstić information content (AvgIpc) is 3.19. The van der Waals surface area contributed by atoms with Crippen molar-refractivity contribution >= 4 is 10.0 Å². The van der Waals surface area contributed by atoms with E-state index in [1.54, 1.807) is 12.1 Å². The lowest BCUT2D eigenvalue weighted by Crippen LogP contribution is -2.33. The molecule has 3 heterocycles. The molecule has 1 aromatic carbocycles. The van der Waals surface area contributed by atoms with E-state index in [-0.39, 0.29) is 0 Å². The van der Waals surface area contributed by atoms with Gasteiger partial charge in [-0.05, 0) is 57.1 Å². The highest BCUT2D eigenvalue weighted by atomic mass is 32.2. The minimum atomic E-state index is -3.42. The maximum atomic E-state index is 12.7. The highest BCUT2D eigenvalue weighted by Crippen LogP contribution is 2.26. The SMILES string of the molecule is CN1CCC(n2cc(-c3ccc(S(=O)(=O)N4CC=CCC4)cc3)cn2)CC1. The van der Waals surface area contributed by atoms with Gasteiger partial charge in [-0.3, -0.25) is 4.68 Å². The summed E-state index contributed by atoms with van der Waals surface area (Å²) in [5.74, 6) is 0. The standard InChI is InChI=1S/C20H26N4O2S/c1-22-13-9-19(10-14-22)24-16-18(15-21-24)17-5-7-20(8-6-17)27(25,26)23-11-3-2-4-12-23/h2-3,5-8,15-16,19H,4,9-14H2,1H3. The average molecular weight is 387 g/mol. The number of nitrogens with zero attached hydrogens (tertiary/aromatic N) is 4. The van der Waals surface area contributed by atoms with Crippen LogP contribution in [0.2, 0.25) is 0 Å². The molecule has 0 N–H and O–H groups in total. The third-order valence-corrected chi connectivity index (χ3v) is 7.39. The fraction of sp³-hybridized carbons (Fsp3) is 0.450. The third kappa shape index (κ3) is 3.85. The van der Waals surface area contributed by atoms with Gasteiger partial charge >= 0.3 is 0 Å². The Morgan fingerprint density at radius 1 is 1.00 bits per heavy atom. The highest BCUT2D eigenvalue weighted by molar-refractivity contribution is 7.89. The molecule has 1 aromatic heterocycles. The molecule has 2 aliphatic rings. The molecular weight excluding hydrogens is 360 g/mol. The number of benzene rings is 1. The molecule has 1 fully saturated rings. The summed E-state index contributed by atoms with van der Waals surface area (Å²) in [7, 11) is -1.27. The van der Waals surface area contributed by atoms with E-state index in [1.807, 2.05) is 30.5 Å². The van der Waals surface area contributed by atoms with Crippen LogP contribution in [0.5, 0.6) is 0 Å². The summed E-state index contributed by atoms with van der Waals surface area (Å²) in [5, 5.41) is 4.55. The molecule has 4 rings (SSSR count). The van der Waals surface area contributed by atoms with E-state index in [1.165, 1.54) is 4.31 Å². The van der Waals surface area contributed by atoms with E-state index >= 15 is 0 Å². The highest BCUT2D eigenvalue weighted by Gasteiger charge is 2.24. The molecule has 0 atom stereocenters. The molecule has 1 saturated heterocycles. The van der Waals surface area contributed by atoms with Gasteiger partial charge in [0.2, 0.25) is 10.0 Å². The molecule has 144 valence electrons. The smallest absolute Gasteiger partial charge is 0.243 e. The summed E-state index contributed by atoms with van der Waals surface area (Å²) in [4.78, 5) is 2.70. The van der Waals surface area contributed by atoms with Crippen LogP contribution < -0.4 is 0 Å². The Labute approximate surface area is 161 Å². The van der Waals surface area contributed by atoms with Gasteiger partial charge in [0, 0.05) is 24.8 Å². The fourth-order valence-electron chi connectivity index (χ4n) is 3.75. The summed E-state index contributed by atoms with van der Waals surface area (Å²) in [5.41, 5.74) is 2.02. The summed E-state index contributed by atoms with van der Waals surface area (Å²) in [6, 6.07) is 7.61. The van der Waals surface area contributed by atoms with E-state index in [0.717, 1.165) is 43.5 Å². The predicted molar refractivity (Wildman–Crippen MR) is 106 cm³/mol. The molecule has 0 unspecified atom stereocenters. The second kappa shape index (κ2) is 7.58. The van der Waals surface area contributed by atoms with Crippen LogP contribution in [0, 0.1) is 0 Å². The van der Waals surface area contributed by atoms with Gasteiger partial charge in [0.25, 0.3) is 0 Å². The lowest BCUT2D eigenvalue weighted by Gasteiger charge is -2.28. The number of rotatable bonds is 4. The molecular formula is C20H26N4O2S. The normalized spacial score (nSPS) is 20.2. The number of likely N-dealkylation sites (tertiary alicyclic amines) is 1. The third-order valence-electron chi connectivity index (χ3n) is 5.51. The molecule has 0 saturated carbocycles. The quantitative estimate of drug-likeness (QED) is 0.758. The van der Waals surface area contributed by atoms with Gasteiger partial charge in [-0.25, -0.2) is 8.42 Å². The zero-order valence-corrected chi connectivity index (χ0v) is 16.5.